The highest BCUT2D eigenvalue weighted by atomic mass is 32.2. The van der Waals surface area contributed by atoms with Crippen LogP contribution in [0.15, 0.2) is 23.7 Å². The van der Waals surface area contributed by atoms with Crippen LogP contribution in [-0.2, 0) is 39.7 Å². The molecule has 0 fully saturated rings. The maximum atomic E-state index is 12.9. The van der Waals surface area contributed by atoms with Crippen LogP contribution in [0.2, 0.25) is 0 Å². The number of nitrogens with zero attached hydrogens (tertiary/aromatic N) is 5. The molecular formula is C16H22F3N5O5S. The summed E-state index contributed by atoms with van der Waals surface area (Å²) in [7, 11) is -0.262. The molecule has 1 unspecified atom stereocenters. The molecule has 2 aromatic rings. The van der Waals surface area contributed by atoms with Gasteiger partial charge in [0.15, 0.2) is 5.03 Å². The number of aryl methyl sites for hydroxylation is 2. The van der Waals surface area contributed by atoms with E-state index in [-0.39, 0.29) is 10.9 Å². The predicted octanol–water partition coefficient (Wildman–Crippen LogP) is 1.20. The number of carboxylic acid groups (broad SMARTS) is 1. The fourth-order valence-corrected chi connectivity index (χ4v) is 4.38. The monoisotopic (exact) mass is 453 g/mol. The Morgan fingerprint density at radius 2 is 2.03 bits per heavy atom. The van der Waals surface area contributed by atoms with E-state index < -0.39 is 22.2 Å². The molecule has 10 nitrogen and oxygen atoms in total. The van der Waals surface area contributed by atoms with Crippen LogP contribution >= 0.6 is 0 Å². The molecule has 30 heavy (non-hydrogen) atoms. The van der Waals surface area contributed by atoms with Crippen molar-refractivity contribution in [1.29, 1.82) is 0 Å². The molecule has 0 amide bonds. The van der Waals surface area contributed by atoms with Crippen molar-refractivity contribution in [3.63, 3.8) is 0 Å². The van der Waals surface area contributed by atoms with Crippen molar-refractivity contribution in [2.45, 2.75) is 37.1 Å². The zero-order valence-corrected chi connectivity index (χ0v) is 17.3. The number of fused-ring (bicyclic) bond motifs is 1. The molecular weight excluding hydrogens is 431 g/mol. The van der Waals surface area contributed by atoms with Crippen LogP contribution in [0.5, 0.6) is 0 Å². The van der Waals surface area contributed by atoms with Gasteiger partial charge in [-0.25, -0.2) is 18.2 Å². The van der Waals surface area contributed by atoms with Crippen molar-refractivity contribution in [2.24, 2.45) is 7.05 Å². The molecule has 1 atom stereocenters. The van der Waals surface area contributed by atoms with Gasteiger partial charge in [0.25, 0.3) is 10.0 Å². The first-order chi connectivity index (χ1) is 13.9. The third kappa shape index (κ3) is 5.17. The third-order valence-electron chi connectivity index (χ3n) is 4.37. The van der Waals surface area contributed by atoms with Gasteiger partial charge in [-0.1, -0.05) is 0 Å². The third-order valence-corrected chi connectivity index (χ3v) is 6.06. The Hall–Kier alpha value is -2.45. The minimum absolute atomic E-state index is 0.0254. The standard InChI is InChI=1S/C14H21N5O3S.C2HF3O2/c1-4-19-13-7-18(6-11(9-22-3)12(13)5-16-19)23(20,21)14-8-17(2)10-15-14;3-2(4,5)1(6)7/h5,8,10-11H,4,6-7,9H2,1-3H3;(H,6,7). The number of aliphatic carboxylic acids is 1. The molecule has 0 saturated carbocycles. The Labute approximate surface area is 170 Å². The van der Waals surface area contributed by atoms with Gasteiger partial charge >= 0.3 is 12.1 Å². The molecule has 3 heterocycles. The normalized spacial score (nSPS) is 17.2. The van der Waals surface area contributed by atoms with Crippen LogP contribution < -0.4 is 0 Å². The number of carboxylic acids is 1. The molecule has 1 N–H and O–H groups in total. The summed E-state index contributed by atoms with van der Waals surface area (Å²) in [5.74, 6) is -2.78. The quantitative estimate of drug-likeness (QED) is 0.723. The highest BCUT2D eigenvalue weighted by molar-refractivity contribution is 7.89. The first-order valence-electron chi connectivity index (χ1n) is 8.73. The summed E-state index contributed by atoms with van der Waals surface area (Å²) in [4.78, 5) is 12.9. The highest BCUT2D eigenvalue weighted by Crippen LogP contribution is 2.31. The van der Waals surface area contributed by atoms with Gasteiger partial charge in [-0.05, 0) is 6.92 Å². The number of methoxy groups -OCH3 is 1. The molecule has 0 spiro atoms. The minimum Gasteiger partial charge on any atom is -0.475 e. The van der Waals surface area contributed by atoms with Gasteiger partial charge < -0.3 is 14.4 Å². The smallest absolute Gasteiger partial charge is 0.475 e. The fourth-order valence-electron chi connectivity index (χ4n) is 2.97. The molecule has 0 saturated heterocycles. The lowest BCUT2D eigenvalue weighted by Gasteiger charge is -2.31. The average Bonchev–Trinajstić information content (AvgIpc) is 3.28. The van der Waals surface area contributed by atoms with Crippen molar-refractivity contribution >= 4 is 16.0 Å². The number of rotatable bonds is 5. The van der Waals surface area contributed by atoms with Crippen molar-refractivity contribution < 1.29 is 36.2 Å². The maximum absolute atomic E-state index is 12.9. The fraction of sp³-hybridized carbons (Fsp3) is 0.562. The Bertz CT molecular complexity index is 986. The van der Waals surface area contributed by atoms with Crippen molar-refractivity contribution in [2.75, 3.05) is 20.3 Å². The Balaban J connectivity index is 0.000000396. The van der Waals surface area contributed by atoms with Gasteiger partial charge in [-0.3, -0.25) is 4.68 Å². The van der Waals surface area contributed by atoms with Crippen LogP contribution in [-0.4, -0.2) is 69.6 Å². The van der Waals surface area contributed by atoms with Gasteiger partial charge in [0.05, 0.1) is 31.4 Å². The van der Waals surface area contributed by atoms with E-state index in [1.807, 2.05) is 17.8 Å². The van der Waals surface area contributed by atoms with E-state index in [1.165, 1.54) is 16.8 Å². The summed E-state index contributed by atoms with van der Waals surface area (Å²) < 4.78 is 67.7. The summed E-state index contributed by atoms with van der Waals surface area (Å²) in [6.45, 7) is 3.82. The number of alkyl halides is 3. The van der Waals surface area contributed by atoms with Gasteiger partial charge in [0, 0.05) is 44.9 Å². The molecule has 1 aliphatic heterocycles. The first-order valence-corrected chi connectivity index (χ1v) is 10.2. The van der Waals surface area contributed by atoms with E-state index in [1.54, 1.807) is 18.7 Å². The molecule has 0 aliphatic carbocycles. The number of ether oxygens (including phenoxy) is 1. The lowest BCUT2D eigenvalue weighted by atomic mass is 9.97. The second-order valence-corrected chi connectivity index (χ2v) is 8.38. The molecule has 0 bridgehead atoms. The molecule has 14 heteroatoms. The van der Waals surface area contributed by atoms with Crippen LogP contribution in [0.25, 0.3) is 0 Å². The van der Waals surface area contributed by atoms with E-state index in [0.29, 0.717) is 26.2 Å². The second kappa shape index (κ2) is 9.14. The van der Waals surface area contributed by atoms with Gasteiger partial charge in [-0.2, -0.15) is 22.6 Å². The maximum Gasteiger partial charge on any atom is 0.490 e. The second-order valence-electron chi connectivity index (χ2n) is 6.49. The number of hydrogen-bond donors (Lipinski definition) is 1. The summed E-state index contributed by atoms with van der Waals surface area (Å²) in [5, 5.41) is 11.6. The zero-order valence-electron chi connectivity index (χ0n) is 16.5. The van der Waals surface area contributed by atoms with E-state index in [2.05, 4.69) is 10.1 Å². The van der Waals surface area contributed by atoms with Crippen LogP contribution in [0.4, 0.5) is 13.2 Å². The van der Waals surface area contributed by atoms with Gasteiger partial charge in [-0.15, -0.1) is 0 Å². The number of hydrogen-bond acceptors (Lipinski definition) is 6. The van der Waals surface area contributed by atoms with E-state index >= 15 is 0 Å². The van der Waals surface area contributed by atoms with Crippen molar-refractivity contribution in [3.8, 4) is 0 Å². The van der Waals surface area contributed by atoms with E-state index in [4.69, 9.17) is 14.6 Å². The van der Waals surface area contributed by atoms with Crippen LogP contribution in [0, 0.1) is 0 Å². The minimum atomic E-state index is -5.08. The zero-order chi connectivity index (χ0) is 22.7. The summed E-state index contributed by atoms with van der Waals surface area (Å²) >= 11 is 0. The number of carbonyl (C=O) groups is 1. The van der Waals surface area contributed by atoms with E-state index in [9.17, 15) is 21.6 Å². The summed E-state index contributed by atoms with van der Waals surface area (Å²) in [6, 6.07) is 0. The Morgan fingerprint density at radius 1 is 1.40 bits per heavy atom. The highest BCUT2D eigenvalue weighted by Gasteiger charge is 2.38. The summed E-state index contributed by atoms with van der Waals surface area (Å²) in [5.41, 5.74) is 2.00. The van der Waals surface area contributed by atoms with Gasteiger partial charge in [0.2, 0.25) is 0 Å². The molecule has 0 radical (unpaired) electrons. The number of sulfonamides is 1. The topological polar surface area (TPSA) is 120 Å². The molecule has 1 aliphatic rings. The number of imidazole rings is 1. The van der Waals surface area contributed by atoms with Crippen LogP contribution in [0.1, 0.15) is 24.1 Å². The molecule has 168 valence electrons. The van der Waals surface area contributed by atoms with Crippen molar-refractivity contribution in [1.82, 2.24) is 23.6 Å². The summed E-state index contributed by atoms with van der Waals surface area (Å²) in [6.07, 6.45) is -0.244. The average molecular weight is 453 g/mol. The molecule has 2 aromatic heterocycles. The van der Waals surface area contributed by atoms with Crippen LogP contribution in [0.3, 0.4) is 0 Å². The molecule has 0 aromatic carbocycles. The number of halogens is 3. The largest absolute Gasteiger partial charge is 0.490 e. The Morgan fingerprint density at radius 3 is 2.50 bits per heavy atom. The molecule has 3 rings (SSSR count). The lowest BCUT2D eigenvalue weighted by molar-refractivity contribution is -0.192. The van der Waals surface area contributed by atoms with Crippen molar-refractivity contribution in [3.05, 3.63) is 30.0 Å². The van der Waals surface area contributed by atoms with Gasteiger partial charge in [0.1, 0.15) is 0 Å². The lowest BCUT2D eigenvalue weighted by Crippen LogP contribution is -2.40. The first kappa shape index (κ1) is 23.8. The SMILES string of the molecule is CCn1ncc2c1CN(S(=O)(=O)c1cn(C)cn1)CC2COC.O=C(O)C(F)(F)F. The van der Waals surface area contributed by atoms with E-state index in [0.717, 1.165) is 11.3 Å². The number of aromatic nitrogens is 4. The Kier molecular flexibility index (Phi) is 7.26. The predicted molar refractivity (Wildman–Crippen MR) is 97.0 cm³/mol.